The summed E-state index contributed by atoms with van der Waals surface area (Å²) in [5.41, 5.74) is 1.91. The minimum Gasteiger partial charge on any atom is -0.306 e. The summed E-state index contributed by atoms with van der Waals surface area (Å²) in [6, 6.07) is 8.30. The number of hydrogen-bond acceptors (Lipinski definition) is 6. The van der Waals surface area contributed by atoms with E-state index >= 15 is 4.39 Å². The first-order valence-corrected chi connectivity index (χ1v) is 10.8. The van der Waals surface area contributed by atoms with E-state index in [9.17, 15) is 4.79 Å². The fourth-order valence-electron chi connectivity index (χ4n) is 3.72. The highest BCUT2D eigenvalue weighted by Gasteiger charge is 2.27. The number of nitrogens with one attached hydrogen (secondary N) is 1. The van der Waals surface area contributed by atoms with E-state index < -0.39 is 11.7 Å². The number of rotatable bonds is 6. The zero-order valence-electron chi connectivity index (χ0n) is 18.5. The molecule has 3 heterocycles. The summed E-state index contributed by atoms with van der Waals surface area (Å²) in [5, 5.41) is 14.4. The lowest BCUT2D eigenvalue weighted by Crippen LogP contribution is -2.17. The van der Waals surface area contributed by atoms with Crippen molar-refractivity contribution in [2.45, 2.75) is 45.4 Å². The van der Waals surface area contributed by atoms with Crippen LogP contribution in [0, 0.1) is 12.7 Å². The van der Waals surface area contributed by atoms with E-state index in [2.05, 4.69) is 30.8 Å². The molecule has 10 heteroatoms. The molecule has 0 aliphatic heterocycles. The Morgan fingerprint density at radius 3 is 2.79 bits per heavy atom. The van der Waals surface area contributed by atoms with Gasteiger partial charge in [-0.15, -0.1) is 5.10 Å². The van der Waals surface area contributed by atoms with Crippen molar-refractivity contribution in [1.82, 2.24) is 34.7 Å². The Morgan fingerprint density at radius 2 is 2.03 bits per heavy atom. The SMILES string of the molecule is Cc1ccc(C(=O)Nc2cccc(-n3nnnc3C(C)C)n2)c(F)c1-n1cnc(C2CC2)c1. The van der Waals surface area contributed by atoms with Crippen LogP contribution in [0.15, 0.2) is 42.9 Å². The van der Waals surface area contributed by atoms with E-state index in [0.717, 1.165) is 18.5 Å². The number of pyridine rings is 1. The third-order valence-electron chi connectivity index (χ3n) is 5.62. The van der Waals surface area contributed by atoms with Gasteiger partial charge in [0.1, 0.15) is 5.82 Å². The highest BCUT2D eigenvalue weighted by molar-refractivity contribution is 6.04. The van der Waals surface area contributed by atoms with Gasteiger partial charge in [-0.05, 0) is 54.0 Å². The van der Waals surface area contributed by atoms with E-state index in [1.807, 2.05) is 20.0 Å². The number of tetrazole rings is 1. The van der Waals surface area contributed by atoms with Gasteiger partial charge in [0.25, 0.3) is 5.91 Å². The summed E-state index contributed by atoms with van der Waals surface area (Å²) in [7, 11) is 0. The molecule has 168 valence electrons. The van der Waals surface area contributed by atoms with Gasteiger partial charge in [0, 0.05) is 18.0 Å². The molecule has 1 fully saturated rings. The van der Waals surface area contributed by atoms with E-state index in [0.29, 0.717) is 28.8 Å². The van der Waals surface area contributed by atoms with Crippen molar-refractivity contribution in [3.63, 3.8) is 0 Å². The molecule has 0 bridgehead atoms. The lowest BCUT2D eigenvalue weighted by Gasteiger charge is -2.13. The molecule has 0 radical (unpaired) electrons. The Morgan fingerprint density at radius 1 is 1.21 bits per heavy atom. The fraction of sp³-hybridized carbons (Fsp3) is 0.304. The highest BCUT2D eigenvalue weighted by Crippen LogP contribution is 2.39. The quantitative estimate of drug-likeness (QED) is 0.481. The average Bonchev–Trinajstić information content (AvgIpc) is 3.31. The first kappa shape index (κ1) is 20.9. The molecule has 1 aliphatic rings. The van der Waals surface area contributed by atoms with Crippen LogP contribution in [0.1, 0.15) is 66.0 Å². The third kappa shape index (κ3) is 3.99. The monoisotopic (exact) mass is 446 g/mol. The van der Waals surface area contributed by atoms with E-state index in [1.165, 1.54) is 10.7 Å². The number of amides is 1. The smallest absolute Gasteiger partial charge is 0.259 e. The number of hydrogen-bond donors (Lipinski definition) is 1. The number of anilines is 1. The zero-order chi connectivity index (χ0) is 23.1. The number of aromatic nitrogens is 7. The predicted octanol–water partition coefficient (Wildman–Crippen LogP) is 3.94. The highest BCUT2D eigenvalue weighted by atomic mass is 19.1. The van der Waals surface area contributed by atoms with Crippen LogP contribution in [0.25, 0.3) is 11.5 Å². The molecule has 1 N–H and O–H groups in total. The number of carbonyl (C=O) groups excluding carboxylic acids is 1. The summed E-state index contributed by atoms with van der Waals surface area (Å²) < 4.78 is 18.6. The van der Waals surface area contributed by atoms with Crippen LogP contribution < -0.4 is 5.32 Å². The molecular weight excluding hydrogens is 423 g/mol. The number of carbonyl (C=O) groups is 1. The predicted molar refractivity (Wildman–Crippen MR) is 119 cm³/mol. The molecule has 1 aromatic carbocycles. The van der Waals surface area contributed by atoms with Crippen molar-refractivity contribution < 1.29 is 9.18 Å². The van der Waals surface area contributed by atoms with Crippen LogP contribution in [0.4, 0.5) is 10.2 Å². The van der Waals surface area contributed by atoms with Gasteiger partial charge >= 0.3 is 0 Å². The summed E-state index contributed by atoms with van der Waals surface area (Å²) in [6.45, 7) is 5.75. The number of halogens is 1. The first-order valence-electron chi connectivity index (χ1n) is 10.8. The van der Waals surface area contributed by atoms with Gasteiger partial charge in [-0.2, -0.15) is 4.68 Å². The maximum atomic E-state index is 15.5. The van der Waals surface area contributed by atoms with Crippen LogP contribution in [-0.4, -0.2) is 40.6 Å². The second-order valence-electron chi connectivity index (χ2n) is 8.51. The summed E-state index contributed by atoms with van der Waals surface area (Å²) >= 11 is 0. The van der Waals surface area contributed by atoms with Gasteiger partial charge in [0.15, 0.2) is 17.5 Å². The lowest BCUT2D eigenvalue weighted by atomic mass is 10.1. The summed E-state index contributed by atoms with van der Waals surface area (Å²) in [5.74, 6) is 0.707. The second kappa shape index (κ2) is 8.19. The molecule has 0 unspecified atom stereocenters. The molecule has 1 aliphatic carbocycles. The van der Waals surface area contributed by atoms with Crippen LogP contribution in [0.3, 0.4) is 0 Å². The largest absolute Gasteiger partial charge is 0.306 e. The number of imidazole rings is 1. The molecular formula is C23H23FN8O. The van der Waals surface area contributed by atoms with Gasteiger partial charge < -0.3 is 9.88 Å². The Labute approximate surface area is 189 Å². The Bertz CT molecular complexity index is 1340. The van der Waals surface area contributed by atoms with E-state index in [-0.39, 0.29) is 17.3 Å². The molecule has 1 saturated carbocycles. The maximum Gasteiger partial charge on any atom is 0.259 e. The van der Waals surface area contributed by atoms with Gasteiger partial charge in [-0.25, -0.2) is 14.4 Å². The minimum absolute atomic E-state index is 0.0743. The Kier molecular flexibility index (Phi) is 5.20. The molecule has 9 nitrogen and oxygen atoms in total. The average molecular weight is 446 g/mol. The van der Waals surface area contributed by atoms with Crippen LogP contribution in [0.5, 0.6) is 0 Å². The normalized spacial score (nSPS) is 13.5. The van der Waals surface area contributed by atoms with Crippen LogP contribution in [0.2, 0.25) is 0 Å². The zero-order valence-corrected chi connectivity index (χ0v) is 18.5. The van der Waals surface area contributed by atoms with E-state index in [1.54, 1.807) is 42.1 Å². The molecule has 3 aromatic heterocycles. The lowest BCUT2D eigenvalue weighted by molar-refractivity contribution is 0.102. The topological polar surface area (TPSA) is 103 Å². The van der Waals surface area contributed by atoms with E-state index in [4.69, 9.17) is 0 Å². The Hall–Kier alpha value is -3.95. The van der Waals surface area contributed by atoms with Crippen molar-refractivity contribution in [3.8, 4) is 11.5 Å². The molecule has 0 saturated heterocycles. The van der Waals surface area contributed by atoms with Gasteiger partial charge in [0.05, 0.1) is 23.3 Å². The van der Waals surface area contributed by atoms with Crippen LogP contribution >= 0.6 is 0 Å². The van der Waals surface area contributed by atoms with Gasteiger partial charge in [-0.3, -0.25) is 4.79 Å². The number of benzene rings is 1. The standard InChI is InChI=1S/C23H23FN8O/c1-13(2)22-28-29-30-32(22)19-6-4-5-18(26-19)27-23(33)16-10-7-14(3)21(20(16)24)31-11-17(25-12-31)15-8-9-15/h4-7,10-13,15H,8-9H2,1-3H3,(H,26,27,33). The third-order valence-corrected chi connectivity index (χ3v) is 5.62. The molecule has 0 atom stereocenters. The second-order valence-corrected chi connectivity index (χ2v) is 8.51. The summed E-state index contributed by atoms with van der Waals surface area (Å²) in [4.78, 5) is 21.8. The van der Waals surface area contributed by atoms with Crippen molar-refractivity contribution in [3.05, 3.63) is 71.3 Å². The number of aryl methyl sites for hydroxylation is 1. The van der Waals surface area contributed by atoms with Gasteiger partial charge in [-0.1, -0.05) is 26.0 Å². The fourth-order valence-corrected chi connectivity index (χ4v) is 3.72. The number of nitrogens with zero attached hydrogens (tertiary/aromatic N) is 7. The van der Waals surface area contributed by atoms with Crippen molar-refractivity contribution in [2.75, 3.05) is 5.32 Å². The molecule has 5 rings (SSSR count). The maximum absolute atomic E-state index is 15.5. The van der Waals surface area contributed by atoms with Crippen molar-refractivity contribution in [2.24, 2.45) is 0 Å². The summed E-state index contributed by atoms with van der Waals surface area (Å²) in [6.07, 6.45) is 5.66. The van der Waals surface area contributed by atoms with Crippen molar-refractivity contribution >= 4 is 11.7 Å². The molecule has 33 heavy (non-hydrogen) atoms. The van der Waals surface area contributed by atoms with Gasteiger partial charge in [0.2, 0.25) is 0 Å². The molecule has 4 aromatic rings. The Balaban J connectivity index is 1.43. The van der Waals surface area contributed by atoms with Crippen LogP contribution in [-0.2, 0) is 0 Å². The van der Waals surface area contributed by atoms with Crippen molar-refractivity contribution in [1.29, 1.82) is 0 Å². The minimum atomic E-state index is -0.606. The molecule has 1 amide bonds. The first-order chi connectivity index (χ1) is 15.9. The molecule has 0 spiro atoms.